The van der Waals surface area contributed by atoms with Crippen LogP contribution in [0, 0.1) is 0 Å². The summed E-state index contributed by atoms with van der Waals surface area (Å²) in [6.45, 7) is 5.61. The Bertz CT molecular complexity index is 203. The van der Waals surface area contributed by atoms with Crippen molar-refractivity contribution >= 4 is 11.9 Å². The molecule has 1 fully saturated rings. The number of urea groups is 1. The fourth-order valence-corrected chi connectivity index (χ4v) is 1.30. The zero-order valence-corrected chi connectivity index (χ0v) is 7.54. The van der Waals surface area contributed by atoms with Crippen LogP contribution >= 0.6 is 0 Å². The van der Waals surface area contributed by atoms with Gasteiger partial charge in [-0.1, -0.05) is 6.92 Å². The van der Waals surface area contributed by atoms with Crippen LogP contribution in [0.4, 0.5) is 4.79 Å². The molecule has 3 amide bonds. The first-order valence-electron chi connectivity index (χ1n) is 4.30. The van der Waals surface area contributed by atoms with Crippen LogP contribution in [0.25, 0.3) is 0 Å². The minimum absolute atomic E-state index is 0.0732. The molecule has 0 spiro atoms. The van der Waals surface area contributed by atoms with Crippen LogP contribution in [0.5, 0.6) is 0 Å². The molecule has 1 saturated heterocycles. The van der Waals surface area contributed by atoms with Crippen molar-refractivity contribution in [1.29, 1.82) is 0 Å². The summed E-state index contributed by atoms with van der Waals surface area (Å²) in [5.74, 6) is -0.0732. The van der Waals surface area contributed by atoms with Crippen molar-refractivity contribution in [3.05, 3.63) is 0 Å². The predicted molar refractivity (Wildman–Crippen MR) is 44.6 cm³/mol. The highest BCUT2D eigenvalue weighted by Crippen LogP contribution is 2.08. The van der Waals surface area contributed by atoms with Gasteiger partial charge in [0.1, 0.15) is 0 Å². The van der Waals surface area contributed by atoms with Gasteiger partial charge in [-0.05, 0) is 6.92 Å². The highest BCUT2D eigenvalue weighted by Gasteiger charge is 2.30. The van der Waals surface area contributed by atoms with Gasteiger partial charge in [0, 0.05) is 26.1 Å². The van der Waals surface area contributed by atoms with Crippen molar-refractivity contribution in [3.8, 4) is 0 Å². The minimum atomic E-state index is -0.135. The number of hydrogen-bond donors (Lipinski definition) is 0. The van der Waals surface area contributed by atoms with Crippen molar-refractivity contribution in [2.24, 2.45) is 0 Å². The molecule has 0 saturated carbocycles. The molecule has 0 radical (unpaired) electrons. The number of nitrogens with zero attached hydrogens (tertiary/aromatic N) is 2. The summed E-state index contributed by atoms with van der Waals surface area (Å²) < 4.78 is 0. The lowest BCUT2D eigenvalue weighted by Gasteiger charge is -2.14. The van der Waals surface area contributed by atoms with E-state index in [4.69, 9.17) is 0 Å². The maximum absolute atomic E-state index is 11.4. The second-order valence-corrected chi connectivity index (χ2v) is 2.76. The van der Waals surface area contributed by atoms with Crippen LogP contribution < -0.4 is 0 Å². The molecule has 0 aliphatic carbocycles. The van der Waals surface area contributed by atoms with Crippen molar-refractivity contribution in [2.45, 2.75) is 20.3 Å². The summed E-state index contributed by atoms with van der Waals surface area (Å²) in [6.07, 6.45) is 0.406. The molecule has 0 N–H and O–H groups in total. The fraction of sp³-hybridized carbons (Fsp3) is 0.750. The lowest BCUT2D eigenvalue weighted by molar-refractivity contribution is -0.127. The van der Waals surface area contributed by atoms with Gasteiger partial charge in [-0.3, -0.25) is 9.69 Å². The van der Waals surface area contributed by atoms with E-state index in [1.165, 1.54) is 4.90 Å². The lowest BCUT2D eigenvalue weighted by atomic mass is 10.4. The summed E-state index contributed by atoms with van der Waals surface area (Å²) in [4.78, 5) is 25.5. The smallest absolute Gasteiger partial charge is 0.323 e. The van der Waals surface area contributed by atoms with E-state index in [0.717, 1.165) is 0 Å². The molecule has 0 atom stereocenters. The molecule has 0 aromatic carbocycles. The number of amides is 3. The van der Waals surface area contributed by atoms with Crippen LogP contribution in [0.15, 0.2) is 0 Å². The van der Waals surface area contributed by atoms with Crippen molar-refractivity contribution in [2.75, 3.05) is 19.6 Å². The van der Waals surface area contributed by atoms with Gasteiger partial charge in [0.15, 0.2) is 0 Å². The summed E-state index contributed by atoms with van der Waals surface area (Å²) in [7, 11) is 0. The molecule has 0 unspecified atom stereocenters. The topological polar surface area (TPSA) is 40.6 Å². The Labute approximate surface area is 72.1 Å². The summed E-state index contributed by atoms with van der Waals surface area (Å²) >= 11 is 0. The molecule has 1 heterocycles. The van der Waals surface area contributed by atoms with Crippen molar-refractivity contribution in [1.82, 2.24) is 9.80 Å². The van der Waals surface area contributed by atoms with E-state index in [9.17, 15) is 9.59 Å². The van der Waals surface area contributed by atoms with E-state index >= 15 is 0 Å². The van der Waals surface area contributed by atoms with Gasteiger partial charge >= 0.3 is 6.03 Å². The summed E-state index contributed by atoms with van der Waals surface area (Å²) in [5.41, 5.74) is 0. The van der Waals surface area contributed by atoms with Crippen LogP contribution in [0.3, 0.4) is 0 Å². The number of imide groups is 1. The maximum atomic E-state index is 11.4. The highest BCUT2D eigenvalue weighted by molar-refractivity contribution is 5.95. The fourth-order valence-electron chi connectivity index (χ4n) is 1.30. The van der Waals surface area contributed by atoms with Crippen LogP contribution in [0.2, 0.25) is 0 Å². The molecule has 0 bridgehead atoms. The third kappa shape index (κ3) is 1.42. The molecular formula is C8H14N2O2. The zero-order valence-electron chi connectivity index (χ0n) is 7.54. The monoisotopic (exact) mass is 170 g/mol. The molecule has 1 rings (SSSR count). The number of carbonyl (C=O) groups excluding carboxylic acids is 2. The number of likely N-dealkylation sites (N-methyl/N-ethyl adjacent to an activating group) is 1. The van der Waals surface area contributed by atoms with Gasteiger partial charge in [0.05, 0.1) is 0 Å². The first kappa shape index (κ1) is 9.03. The molecule has 68 valence electrons. The Morgan fingerprint density at radius 3 is 2.50 bits per heavy atom. The van der Waals surface area contributed by atoms with Gasteiger partial charge in [0.2, 0.25) is 5.91 Å². The first-order chi connectivity index (χ1) is 5.70. The van der Waals surface area contributed by atoms with Gasteiger partial charge in [-0.25, -0.2) is 4.79 Å². The summed E-state index contributed by atoms with van der Waals surface area (Å²) in [5, 5.41) is 0. The number of rotatable bonds is 2. The molecule has 1 aliphatic rings. The zero-order chi connectivity index (χ0) is 9.14. The second kappa shape index (κ2) is 3.56. The van der Waals surface area contributed by atoms with E-state index in [2.05, 4.69) is 0 Å². The Balaban J connectivity index is 2.60. The SMILES string of the molecule is CCC(=O)N1CCN(CC)C1=O. The van der Waals surface area contributed by atoms with E-state index in [1.807, 2.05) is 6.92 Å². The van der Waals surface area contributed by atoms with Gasteiger partial charge in [0.25, 0.3) is 0 Å². The van der Waals surface area contributed by atoms with Crippen LogP contribution in [-0.2, 0) is 4.79 Å². The normalized spacial score (nSPS) is 17.3. The Morgan fingerprint density at radius 2 is 2.08 bits per heavy atom. The Hall–Kier alpha value is -1.06. The van der Waals surface area contributed by atoms with Crippen LogP contribution in [-0.4, -0.2) is 41.4 Å². The lowest BCUT2D eigenvalue weighted by Crippen LogP contribution is -2.35. The Morgan fingerprint density at radius 1 is 1.42 bits per heavy atom. The molecule has 0 aromatic heterocycles. The van der Waals surface area contributed by atoms with E-state index in [0.29, 0.717) is 26.1 Å². The maximum Gasteiger partial charge on any atom is 0.326 e. The van der Waals surface area contributed by atoms with Gasteiger partial charge < -0.3 is 4.90 Å². The molecule has 0 aromatic rings. The largest absolute Gasteiger partial charge is 0.326 e. The molecule has 4 heteroatoms. The van der Waals surface area contributed by atoms with E-state index in [1.54, 1.807) is 11.8 Å². The second-order valence-electron chi connectivity index (χ2n) is 2.76. The minimum Gasteiger partial charge on any atom is -0.323 e. The Kier molecular flexibility index (Phi) is 2.68. The predicted octanol–water partition coefficient (Wildman–Crippen LogP) is 0.680. The third-order valence-corrected chi connectivity index (χ3v) is 2.08. The standard InChI is InChI=1S/C8H14N2O2/c1-3-7(11)10-6-5-9(4-2)8(10)12/h3-6H2,1-2H3. The summed E-state index contributed by atoms with van der Waals surface area (Å²) in [6, 6.07) is -0.135. The molecule has 12 heavy (non-hydrogen) atoms. The van der Waals surface area contributed by atoms with Crippen molar-refractivity contribution < 1.29 is 9.59 Å². The van der Waals surface area contributed by atoms with Gasteiger partial charge in [-0.15, -0.1) is 0 Å². The van der Waals surface area contributed by atoms with E-state index < -0.39 is 0 Å². The first-order valence-corrected chi connectivity index (χ1v) is 4.30. The molecular weight excluding hydrogens is 156 g/mol. The van der Waals surface area contributed by atoms with E-state index in [-0.39, 0.29) is 11.9 Å². The number of carbonyl (C=O) groups is 2. The average molecular weight is 170 g/mol. The quantitative estimate of drug-likeness (QED) is 0.611. The average Bonchev–Trinajstić information content (AvgIpc) is 2.45. The molecule has 1 aliphatic heterocycles. The van der Waals surface area contributed by atoms with Gasteiger partial charge in [-0.2, -0.15) is 0 Å². The third-order valence-electron chi connectivity index (χ3n) is 2.08. The van der Waals surface area contributed by atoms with Crippen molar-refractivity contribution in [3.63, 3.8) is 0 Å². The van der Waals surface area contributed by atoms with Crippen LogP contribution in [0.1, 0.15) is 20.3 Å². The molecule has 4 nitrogen and oxygen atoms in total. The number of hydrogen-bond acceptors (Lipinski definition) is 2. The highest BCUT2D eigenvalue weighted by atomic mass is 16.2.